The molecule has 0 saturated carbocycles. The Hall–Kier alpha value is -1.45. The molecule has 1 aliphatic rings. The molecule has 4 heteroatoms. The monoisotopic (exact) mass is 209 g/mol. The fourth-order valence-electron chi connectivity index (χ4n) is 2.02. The van der Waals surface area contributed by atoms with Gasteiger partial charge < -0.3 is 14.8 Å². The lowest BCUT2D eigenvalue weighted by molar-refractivity contribution is 0.0516. The molecule has 1 heterocycles. The molecule has 15 heavy (non-hydrogen) atoms. The summed E-state index contributed by atoms with van der Waals surface area (Å²) in [7, 11) is 0. The molecular weight excluding hydrogens is 194 g/mol. The Balaban J connectivity index is 2.32. The van der Waals surface area contributed by atoms with Gasteiger partial charge in [0, 0.05) is 11.3 Å². The van der Waals surface area contributed by atoms with Gasteiger partial charge in [0.2, 0.25) is 0 Å². The Labute approximate surface area is 88.3 Å². The third-order valence-electron chi connectivity index (χ3n) is 2.75. The van der Waals surface area contributed by atoms with E-state index in [9.17, 15) is 9.90 Å². The highest BCUT2D eigenvalue weighted by molar-refractivity contribution is 5.91. The van der Waals surface area contributed by atoms with Crippen LogP contribution in [0, 0.1) is 0 Å². The predicted molar refractivity (Wildman–Crippen MR) is 55.1 cm³/mol. The molecule has 0 fully saturated rings. The summed E-state index contributed by atoms with van der Waals surface area (Å²) in [6.07, 6.45) is 3.93. The van der Waals surface area contributed by atoms with Gasteiger partial charge in [0.05, 0.1) is 6.61 Å². The first-order chi connectivity index (χ1) is 7.24. The Morgan fingerprint density at radius 2 is 2.20 bits per heavy atom. The summed E-state index contributed by atoms with van der Waals surface area (Å²) in [5.41, 5.74) is 2.09. The van der Waals surface area contributed by atoms with E-state index in [0.717, 1.165) is 36.9 Å². The van der Waals surface area contributed by atoms with E-state index in [1.807, 2.05) is 0 Å². The second-order valence-corrected chi connectivity index (χ2v) is 3.73. The SMILES string of the molecule is CCOC(=O)c1[nH]c2c(c1O)CCCC2. The first kappa shape index (κ1) is 10.1. The van der Waals surface area contributed by atoms with E-state index in [4.69, 9.17) is 4.74 Å². The molecule has 0 aliphatic heterocycles. The lowest BCUT2D eigenvalue weighted by Crippen LogP contribution is -2.05. The molecule has 0 aromatic carbocycles. The number of nitrogens with one attached hydrogen (secondary N) is 1. The molecule has 0 radical (unpaired) electrons. The van der Waals surface area contributed by atoms with Crippen LogP contribution >= 0.6 is 0 Å². The van der Waals surface area contributed by atoms with E-state index >= 15 is 0 Å². The minimum Gasteiger partial charge on any atom is -0.505 e. The van der Waals surface area contributed by atoms with Gasteiger partial charge in [-0.05, 0) is 32.6 Å². The van der Waals surface area contributed by atoms with Gasteiger partial charge in [-0.25, -0.2) is 4.79 Å². The van der Waals surface area contributed by atoms with Crippen LogP contribution in [0.3, 0.4) is 0 Å². The molecular formula is C11H15NO3. The second kappa shape index (κ2) is 3.96. The number of fused-ring (bicyclic) bond motifs is 1. The first-order valence-electron chi connectivity index (χ1n) is 5.33. The van der Waals surface area contributed by atoms with E-state index in [-0.39, 0.29) is 11.4 Å². The molecule has 1 aromatic rings. The molecule has 2 N–H and O–H groups in total. The Morgan fingerprint density at radius 1 is 1.47 bits per heavy atom. The van der Waals surface area contributed by atoms with Gasteiger partial charge in [0.1, 0.15) is 0 Å². The third-order valence-corrected chi connectivity index (χ3v) is 2.75. The quantitative estimate of drug-likeness (QED) is 0.730. The number of hydrogen-bond acceptors (Lipinski definition) is 3. The molecule has 0 spiro atoms. The van der Waals surface area contributed by atoms with E-state index in [2.05, 4.69) is 4.98 Å². The van der Waals surface area contributed by atoms with Crippen molar-refractivity contribution in [3.05, 3.63) is 17.0 Å². The number of aromatic hydroxyl groups is 1. The molecule has 0 amide bonds. The smallest absolute Gasteiger partial charge is 0.358 e. The maximum absolute atomic E-state index is 11.5. The second-order valence-electron chi connectivity index (χ2n) is 3.73. The van der Waals surface area contributed by atoms with Crippen LogP contribution in [-0.2, 0) is 17.6 Å². The van der Waals surface area contributed by atoms with Crippen LogP contribution in [0.5, 0.6) is 5.75 Å². The zero-order valence-electron chi connectivity index (χ0n) is 8.80. The van der Waals surface area contributed by atoms with Crippen LogP contribution in [0.25, 0.3) is 0 Å². The zero-order valence-corrected chi connectivity index (χ0v) is 8.80. The molecule has 1 aromatic heterocycles. The topological polar surface area (TPSA) is 62.3 Å². The molecule has 0 unspecified atom stereocenters. The number of hydrogen-bond donors (Lipinski definition) is 2. The highest BCUT2D eigenvalue weighted by Crippen LogP contribution is 2.32. The third kappa shape index (κ3) is 1.71. The molecule has 0 bridgehead atoms. The van der Waals surface area contributed by atoms with Gasteiger partial charge in [-0.15, -0.1) is 0 Å². The average molecular weight is 209 g/mol. The van der Waals surface area contributed by atoms with Crippen LogP contribution in [0.1, 0.15) is 41.5 Å². The van der Waals surface area contributed by atoms with Gasteiger partial charge in [0.15, 0.2) is 11.4 Å². The number of aromatic nitrogens is 1. The van der Waals surface area contributed by atoms with Gasteiger partial charge >= 0.3 is 5.97 Å². The van der Waals surface area contributed by atoms with Crippen LogP contribution in [0.2, 0.25) is 0 Å². The van der Waals surface area contributed by atoms with Crippen LogP contribution in [0.4, 0.5) is 0 Å². The highest BCUT2D eigenvalue weighted by atomic mass is 16.5. The summed E-state index contributed by atoms with van der Waals surface area (Å²) in [6, 6.07) is 0. The van der Waals surface area contributed by atoms with Crippen LogP contribution in [-0.4, -0.2) is 22.7 Å². The number of ether oxygens (including phenoxy) is 1. The van der Waals surface area contributed by atoms with Crippen LogP contribution in [0.15, 0.2) is 0 Å². The minimum atomic E-state index is -0.468. The molecule has 82 valence electrons. The van der Waals surface area contributed by atoms with E-state index in [0.29, 0.717) is 6.61 Å². The zero-order chi connectivity index (χ0) is 10.8. The molecule has 0 atom stereocenters. The van der Waals surface area contributed by atoms with Gasteiger partial charge in [-0.2, -0.15) is 0 Å². The summed E-state index contributed by atoms with van der Waals surface area (Å²) in [6.45, 7) is 2.07. The predicted octanol–water partition coefficient (Wildman–Crippen LogP) is 1.78. The summed E-state index contributed by atoms with van der Waals surface area (Å²) >= 11 is 0. The Bertz CT molecular complexity index is 381. The number of rotatable bonds is 2. The number of aryl methyl sites for hydroxylation is 1. The van der Waals surface area contributed by atoms with Crippen molar-refractivity contribution in [1.29, 1.82) is 0 Å². The maximum Gasteiger partial charge on any atom is 0.358 e. The van der Waals surface area contributed by atoms with Crippen molar-refractivity contribution in [2.45, 2.75) is 32.6 Å². The standard InChI is InChI=1S/C11H15NO3/c1-2-15-11(14)9-10(13)7-5-3-4-6-8(7)12-9/h12-13H,2-6H2,1H3. The van der Waals surface area contributed by atoms with Gasteiger partial charge in [-0.1, -0.05) is 0 Å². The summed E-state index contributed by atoms with van der Waals surface area (Å²) in [5, 5.41) is 9.84. The van der Waals surface area contributed by atoms with Crippen molar-refractivity contribution in [2.75, 3.05) is 6.61 Å². The Kier molecular flexibility index (Phi) is 2.66. The first-order valence-corrected chi connectivity index (χ1v) is 5.33. The summed E-state index contributed by atoms with van der Waals surface area (Å²) < 4.78 is 4.86. The molecule has 0 saturated heterocycles. The fourth-order valence-corrected chi connectivity index (χ4v) is 2.02. The Morgan fingerprint density at radius 3 is 2.87 bits per heavy atom. The number of esters is 1. The molecule has 2 rings (SSSR count). The number of aromatic amines is 1. The van der Waals surface area contributed by atoms with Crippen molar-refractivity contribution >= 4 is 5.97 Å². The lowest BCUT2D eigenvalue weighted by atomic mass is 9.97. The van der Waals surface area contributed by atoms with E-state index in [1.54, 1.807) is 6.92 Å². The largest absolute Gasteiger partial charge is 0.505 e. The summed E-state index contributed by atoms with van der Waals surface area (Å²) in [5.74, 6) is -0.382. The highest BCUT2D eigenvalue weighted by Gasteiger charge is 2.23. The molecule has 1 aliphatic carbocycles. The van der Waals surface area contributed by atoms with Crippen molar-refractivity contribution in [3.8, 4) is 5.75 Å². The minimum absolute atomic E-state index is 0.0863. The van der Waals surface area contributed by atoms with E-state index < -0.39 is 5.97 Å². The number of H-pyrrole nitrogens is 1. The van der Waals surface area contributed by atoms with Crippen molar-refractivity contribution in [3.63, 3.8) is 0 Å². The summed E-state index contributed by atoms with van der Waals surface area (Å²) in [4.78, 5) is 14.4. The van der Waals surface area contributed by atoms with Crippen molar-refractivity contribution < 1.29 is 14.6 Å². The number of carbonyl (C=O) groups excluding carboxylic acids is 1. The van der Waals surface area contributed by atoms with Gasteiger partial charge in [0.25, 0.3) is 0 Å². The van der Waals surface area contributed by atoms with Crippen molar-refractivity contribution in [2.24, 2.45) is 0 Å². The lowest BCUT2D eigenvalue weighted by Gasteiger charge is -2.09. The molecule has 4 nitrogen and oxygen atoms in total. The van der Waals surface area contributed by atoms with E-state index in [1.165, 1.54) is 0 Å². The average Bonchev–Trinajstić information content (AvgIpc) is 2.57. The van der Waals surface area contributed by atoms with Crippen molar-refractivity contribution in [1.82, 2.24) is 4.98 Å². The van der Waals surface area contributed by atoms with Gasteiger partial charge in [-0.3, -0.25) is 0 Å². The number of carbonyl (C=O) groups is 1. The normalized spacial score (nSPS) is 14.7. The maximum atomic E-state index is 11.5. The fraction of sp³-hybridized carbons (Fsp3) is 0.545. The van der Waals surface area contributed by atoms with Crippen LogP contribution < -0.4 is 0 Å².